The van der Waals surface area contributed by atoms with Gasteiger partial charge in [0.1, 0.15) is 24.0 Å². The van der Waals surface area contributed by atoms with Crippen LogP contribution in [-0.4, -0.2) is 26.6 Å². The first-order chi connectivity index (χ1) is 12.9. The van der Waals surface area contributed by atoms with Crippen molar-refractivity contribution >= 4 is 20.9 Å². The minimum Gasteiger partial charge on any atom is -0.481 e. The van der Waals surface area contributed by atoms with Crippen LogP contribution in [0.3, 0.4) is 0 Å². The van der Waals surface area contributed by atoms with Crippen LogP contribution < -0.4 is 9.46 Å². The number of rotatable bonds is 5. The molecule has 3 aromatic rings. The van der Waals surface area contributed by atoms with Crippen LogP contribution in [0.15, 0.2) is 59.6 Å². The topological polar surface area (TPSA) is 68.3 Å². The van der Waals surface area contributed by atoms with Gasteiger partial charge in [-0.25, -0.2) is 17.2 Å². The van der Waals surface area contributed by atoms with Crippen molar-refractivity contribution in [2.24, 2.45) is 0 Å². The fraction of sp³-hybridized carbons (Fsp3) is 0.105. The Morgan fingerprint density at radius 3 is 2.59 bits per heavy atom. The summed E-state index contributed by atoms with van der Waals surface area (Å²) in [7, 11) is -4.05. The summed E-state index contributed by atoms with van der Waals surface area (Å²) >= 11 is 0. The number of aromatic nitrogens is 1. The molecule has 0 radical (unpaired) electrons. The first kappa shape index (κ1) is 18.8. The van der Waals surface area contributed by atoms with Gasteiger partial charge in [-0.15, -0.1) is 0 Å². The van der Waals surface area contributed by atoms with Crippen LogP contribution in [0.2, 0.25) is 0 Å². The predicted octanol–water partition coefficient (Wildman–Crippen LogP) is 2.87. The normalized spacial score (nSPS) is 11.0. The first-order valence-electron chi connectivity index (χ1n) is 7.83. The van der Waals surface area contributed by atoms with E-state index in [1.165, 1.54) is 0 Å². The van der Waals surface area contributed by atoms with Crippen molar-refractivity contribution in [2.45, 2.75) is 4.90 Å². The standard InChI is InChI=1S/C19H14F2N2O3S/c20-15-10-16(21)12-18(11-15)27(24,25)23-8-1-2-9-26-17-6-5-14-4-3-7-22-19(14)13-17/h3-7,10-13,23H,8-9H2. The Hall–Kier alpha value is -3.02. The Morgan fingerprint density at radius 1 is 1.04 bits per heavy atom. The van der Waals surface area contributed by atoms with Crippen molar-refractivity contribution in [3.8, 4) is 17.6 Å². The van der Waals surface area contributed by atoms with E-state index in [0.29, 0.717) is 11.8 Å². The number of ether oxygens (including phenoxy) is 1. The quantitative estimate of drug-likeness (QED) is 0.683. The Morgan fingerprint density at radius 2 is 1.81 bits per heavy atom. The van der Waals surface area contributed by atoms with E-state index in [2.05, 4.69) is 21.5 Å². The van der Waals surface area contributed by atoms with Crippen molar-refractivity contribution in [1.29, 1.82) is 0 Å². The monoisotopic (exact) mass is 388 g/mol. The Kier molecular flexibility index (Phi) is 5.64. The second-order valence-electron chi connectivity index (χ2n) is 5.43. The van der Waals surface area contributed by atoms with Gasteiger partial charge < -0.3 is 4.74 Å². The summed E-state index contributed by atoms with van der Waals surface area (Å²) in [6, 6.07) is 11.3. The second-order valence-corrected chi connectivity index (χ2v) is 7.20. The van der Waals surface area contributed by atoms with Gasteiger partial charge in [-0.05, 0) is 30.3 Å². The summed E-state index contributed by atoms with van der Waals surface area (Å²) in [5.74, 6) is 3.88. The van der Waals surface area contributed by atoms with E-state index >= 15 is 0 Å². The third-order valence-corrected chi connectivity index (χ3v) is 4.89. The van der Waals surface area contributed by atoms with Crippen molar-refractivity contribution in [3.05, 3.63) is 66.4 Å². The Bertz CT molecular complexity index is 1120. The molecule has 0 spiro atoms. The number of hydrogen-bond donors (Lipinski definition) is 1. The van der Waals surface area contributed by atoms with Gasteiger partial charge in [0.05, 0.1) is 17.0 Å². The number of benzene rings is 2. The van der Waals surface area contributed by atoms with Crippen molar-refractivity contribution in [2.75, 3.05) is 13.2 Å². The van der Waals surface area contributed by atoms with Crippen LogP contribution >= 0.6 is 0 Å². The largest absolute Gasteiger partial charge is 0.481 e. The van der Waals surface area contributed by atoms with Gasteiger partial charge in [0.15, 0.2) is 0 Å². The van der Waals surface area contributed by atoms with E-state index in [0.717, 1.165) is 23.0 Å². The molecule has 27 heavy (non-hydrogen) atoms. The van der Waals surface area contributed by atoms with Crippen molar-refractivity contribution < 1.29 is 21.9 Å². The number of sulfonamides is 1. The number of nitrogens with zero attached hydrogens (tertiary/aromatic N) is 1. The SMILES string of the molecule is O=S(=O)(NCC#CCOc1ccc2cccnc2c1)c1cc(F)cc(F)c1. The van der Waals surface area contributed by atoms with Crippen LogP contribution in [0.25, 0.3) is 10.9 Å². The molecule has 0 bridgehead atoms. The van der Waals surface area contributed by atoms with E-state index in [1.807, 2.05) is 18.2 Å². The van der Waals surface area contributed by atoms with E-state index in [1.54, 1.807) is 18.3 Å². The molecule has 0 aliphatic carbocycles. The molecule has 1 aromatic heterocycles. The maximum Gasteiger partial charge on any atom is 0.241 e. The van der Waals surface area contributed by atoms with E-state index in [9.17, 15) is 17.2 Å². The fourth-order valence-corrected chi connectivity index (χ4v) is 3.23. The molecule has 2 aromatic carbocycles. The second kappa shape index (κ2) is 8.12. The molecular weight excluding hydrogens is 374 g/mol. The highest BCUT2D eigenvalue weighted by Gasteiger charge is 2.15. The van der Waals surface area contributed by atoms with Gasteiger partial charge in [-0.3, -0.25) is 4.98 Å². The highest BCUT2D eigenvalue weighted by atomic mass is 32.2. The van der Waals surface area contributed by atoms with Crippen molar-refractivity contribution in [1.82, 2.24) is 9.71 Å². The molecule has 138 valence electrons. The number of halogens is 2. The lowest BCUT2D eigenvalue weighted by Crippen LogP contribution is -2.24. The molecule has 0 aliphatic rings. The molecule has 0 atom stereocenters. The minimum atomic E-state index is -4.05. The van der Waals surface area contributed by atoms with E-state index in [4.69, 9.17) is 4.74 Å². The lowest BCUT2D eigenvalue weighted by atomic mass is 10.2. The molecule has 0 saturated carbocycles. The lowest BCUT2D eigenvalue weighted by Gasteiger charge is -2.04. The fourth-order valence-electron chi connectivity index (χ4n) is 2.27. The van der Waals surface area contributed by atoms with E-state index in [-0.39, 0.29) is 13.2 Å². The summed E-state index contributed by atoms with van der Waals surface area (Å²) in [5.41, 5.74) is 0.790. The molecule has 0 aliphatic heterocycles. The van der Waals surface area contributed by atoms with Gasteiger partial charge in [0.25, 0.3) is 0 Å². The zero-order chi connectivity index (χ0) is 19.3. The molecule has 1 N–H and O–H groups in total. The van der Waals surface area contributed by atoms with E-state index < -0.39 is 26.6 Å². The predicted molar refractivity (Wildman–Crippen MR) is 96.6 cm³/mol. The molecule has 0 unspecified atom stereocenters. The van der Waals surface area contributed by atoms with Gasteiger partial charge in [-0.2, -0.15) is 4.72 Å². The van der Waals surface area contributed by atoms with Gasteiger partial charge in [-0.1, -0.05) is 17.9 Å². The average Bonchev–Trinajstić information content (AvgIpc) is 2.63. The minimum absolute atomic E-state index is 0.0503. The summed E-state index contributed by atoms with van der Waals surface area (Å²) in [4.78, 5) is 3.72. The molecule has 1 heterocycles. The smallest absolute Gasteiger partial charge is 0.241 e. The van der Waals surface area contributed by atoms with Crippen LogP contribution in [0.4, 0.5) is 8.78 Å². The molecular formula is C19H14F2N2O3S. The van der Waals surface area contributed by atoms with Crippen LogP contribution in [0.5, 0.6) is 5.75 Å². The first-order valence-corrected chi connectivity index (χ1v) is 9.31. The molecule has 0 fully saturated rings. The molecule has 5 nitrogen and oxygen atoms in total. The van der Waals surface area contributed by atoms with Crippen LogP contribution in [-0.2, 0) is 10.0 Å². The summed E-state index contributed by atoms with van der Waals surface area (Å²) in [6.45, 7) is -0.169. The molecule has 8 heteroatoms. The lowest BCUT2D eigenvalue weighted by molar-refractivity contribution is 0.370. The van der Waals surface area contributed by atoms with Gasteiger partial charge in [0.2, 0.25) is 10.0 Å². The highest BCUT2D eigenvalue weighted by molar-refractivity contribution is 7.89. The summed E-state index contributed by atoms with van der Waals surface area (Å²) in [5, 5.41) is 0.985. The highest BCUT2D eigenvalue weighted by Crippen LogP contribution is 2.18. The number of nitrogens with one attached hydrogen (secondary N) is 1. The Balaban J connectivity index is 1.54. The maximum atomic E-state index is 13.1. The number of hydrogen-bond acceptors (Lipinski definition) is 4. The third-order valence-electron chi connectivity index (χ3n) is 3.51. The van der Waals surface area contributed by atoms with Gasteiger partial charge in [0, 0.05) is 23.7 Å². The molecule has 0 saturated heterocycles. The Labute approximate surface area is 155 Å². The zero-order valence-electron chi connectivity index (χ0n) is 13.9. The summed E-state index contributed by atoms with van der Waals surface area (Å²) < 4.78 is 57.8. The maximum absolute atomic E-state index is 13.1. The number of pyridine rings is 1. The van der Waals surface area contributed by atoms with Crippen LogP contribution in [0.1, 0.15) is 0 Å². The summed E-state index contributed by atoms with van der Waals surface area (Å²) in [6.07, 6.45) is 1.68. The van der Waals surface area contributed by atoms with Crippen molar-refractivity contribution in [3.63, 3.8) is 0 Å². The zero-order valence-corrected chi connectivity index (χ0v) is 14.8. The molecule has 0 amide bonds. The number of fused-ring (bicyclic) bond motifs is 1. The van der Waals surface area contributed by atoms with Gasteiger partial charge >= 0.3 is 0 Å². The molecule has 3 rings (SSSR count). The van der Waals surface area contributed by atoms with Crippen LogP contribution in [0, 0.1) is 23.5 Å². The average molecular weight is 388 g/mol. The third kappa shape index (κ3) is 5.00.